The number of carbonyl (C=O) groups excluding carboxylic acids is 1. The molecule has 1 aliphatic carbocycles. The average molecular weight is 183 g/mol. The summed E-state index contributed by atoms with van der Waals surface area (Å²) in [5.41, 5.74) is 0. The molecular weight excluding hydrogens is 162 g/mol. The Balaban J connectivity index is 2.07. The van der Waals surface area contributed by atoms with E-state index in [9.17, 15) is 4.79 Å². The van der Waals surface area contributed by atoms with Gasteiger partial charge in [0.1, 0.15) is 5.78 Å². The predicted molar refractivity (Wildman–Crippen MR) is 54.7 cm³/mol. The zero-order chi connectivity index (χ0) is 9.68. The maximum atomic E-state index is 11.5. The summed E-state index contributed by atoms with van der Waals surface area (Å²) in [6, 6.07) is 0. The van der Waals surface area contributed by atoms with Gasteiger partial charge in [0.25, 0.3) is 0 Å². The molecule has 2 heteroatoms. The molecule has 0 aromatic heterocycles. The molecule has 1 rings (SSSR count). The van der Waals surface area contributed by atoms with Crippen LogP contribution < -0.4 is 5.32 Å². The second-order valence-electron chi connectivity index (χ2n) is 4.05. The van der Waals surface area contributed by atoms with Gasteiger partial charge in [0.05, 0.1) is 6.54 Å². The van der Waals surface area contributed by atoms with Gasteiger partial charge in [0.15, 0.2) is 0 Å². The number of hydrogen-bond acceptors (Lipinski definition) is 2. The van der Waals surface area contributed by atoms with Crippen LogP contribution in [0, 0.1) is 11.8 Å². The first-order valence-corrected chi connectivity index (χ1v) is 5.51. The van der Waals surface area contributed by atoms with Gasteiger partial charge in [-0.25, -0.2) is 0 Å². The Labute approximate surface area is 81.1 Å². The number of nitrogens with one attached hydrogen (secondary N) is 1. The van der Waals surface area contributed by atoms with Crippen LogP contribution in [0.5, 0.6) is 0 Å². The van der Waals surface area contributed by atoms with Crippen molar-refractivity contribution < 1.29 is 4.79 Å². The SMILES string of the molecule is CCC(CC)C(=O)CNCC1CC1. The topological polar surface area (TPSA) is 29.1 Å². The minimum atomic E-state index is 0.284. The van der Waals surface area contributed by atoms with E-state index in [2.05, 4.69) is 19.2 Å². The Morgan fingerprint density at radius 2 is 2.00 bits per heavy atom. The van der Waals surface area contributed by atoms with Gasteiger partial charge in [-0.2, -0.15) is 0 Å². The van der Waals surface area contributed by atoms with Crippen LogP contribution in [0.3, 0.4) is 0 Å². The first kappa shape index (κ1) is 10.7. The molecule has 0 bridgehead atoms. The molecule has 2 nitrogen and oxygen atoms in total. The minimum Gasteiger partial charge on any atom is -0.310 e. The highest BCUT2D eigenvalue weighted by atomic mass is 16.1. The van der Waals surface area contributed by atoms with Crippen LogP contribution in [0.2, 0.25) is 0 Å². The molecule has 0 aromatic rings. The van der Waals surface area contributed by atoms with E-state index in [1.807, 2.05) is 0 Å². The zero-order valence-corrected chi connectivity index (χ0v) is 8.81. The van der Waals surface area contributed by atoms with E-state index in [4.69, 9.17) is 0 Å². The molecule has 0 heterocycles. The summed E-state index contributed by atoms with van der Waals surface area (Å²) in [6.45, 7) is 5.81. The molecule has 0 aromatic carbocycles. The van der Waals surface area contributed by atoms with Crippen LogP contribution in [0.15, 0.2) is 0 Å². The predicted octanol–water partition coefficient (Wildman–Crippen LogP) is 1.99. The lowest BCUT2D eigenvalue weighted by atomic mass is 9.98. The molecule has 0 atom stereocenters. The number of Topliss-reactive ketones (excluding diaryl/α,β-unsaturated/α-hetero) is 1. The summed E-state index contributed by atoms with van der Waals surface area (Å²) < 4.78 is 0. The smallest absolute Gasteiger partial charge is 0.149 e. The summed E-state index contributed by atoms with van der Waals surface area (Å²) in [5, 5.41) is 3.25. The molecule has 13 heavy (non-hydrogen) atoms. The maximum absolute atomic E-state index is 11.5. The largest absolute Gasteiger partial charge is 0.310 e. The fourth-order valence-electron chi connectivity index (χ4n) is 1.61. The van der Waals surface area contributed by atoms with E-state index in [-0.39, 0.29) is 5.92 Å². The Kier molecular flexibility index (Phi) is 4.43. The number of hydrogen-bond donors (Lipinski definition) is 1. The van der Waals surface area contributed by atoms with Gasteiger partial charge in [-0.05, 0) is 38.1 Å². The lowest BCUT2D eigenvalue weighted by Gasteiger charge is -2.11. The van der Waals surface area contributed by atoms with Crippen molar-refractivity contribution in [1.82, 2.24) is 5.32 Å². The first-order valence-electron chi connectivity index (χ1n) is 5.51. The highest BCUT2D eigenvalue weighted by Crippen LogP contribution is 2.27. The summed E-state index contributed by atoms with van der Waals surface area (Å²) >= 11 is 0. The van der Waals surface area contributed by atoms with Crippen LogP contribution in [0.4, 0.5) is 0 Å². The molecule has 1 fully saturated rings. The van der Waals surface area contributed by atoms with Crippen LogP contribution >= 0.6 is 0 Å². The van der Waals surface area contributed by atoms with Gasteiger partial charge in [0, 0.05) is 5.92 Å². The van der Waals surface area contributed by atoms with Crippen molar-refractivity contribution in [3.05, 3.63) is 0 Å². The van der Waals surface area contributed by atoms with E-state index in [1.54, 1.807) is 0 Å². The van der Waals surface area contributed by atoms with Crippen molar-refractivity contribution in [2.45, 2.75) is 39.5 Å². The molecule has 1 N–H and O–H groups in total. The fraction of sp³-hybridized carbons (Fsp3) is 0.909. The number of rotatable bonds is 7. The fourth-order valence-corrected chi connectivity index (χ4v) is 1.61. The van der Waals surface area contributed by atoms with Gasteiger partial charge in [-0.1, -0.05) is 13.8 Å². The lowest BCUT2D eigenvalue weighted by Crippen LogP contribution is -2.29. The highest BCUT2D eigenvalue weighted by Gasteiger charge is 2.21. The molecule has 0 aliphatic heterocycles. The van der Waals surface area contributed by atoms with E-state index >= 15 is 0 Å². The second-order valence-corrected chi connectivity index (χ2v) is 4.05. The Morgan fingerprint density at radius 3 is 2.46 bits per heavy atom. The summed E-state index contributed by atoms with van der Waals surface area (Å²) in [5.74, 6) is 1.55. The van der Waals surface area contributed by atoms with Gasteiger partial charge in [-0.15, -0.1) is 0 Å². The van der Waals surface area contributed by atoms with Gasteiger partial charge < -0.3 is 5.32 Å². The minimum absolute atomic E-state index is 0.284. The Hall–Kier alpha value is -0.370. The third kappa shape index (κ3) is 3.90. The van der Waals surface area contributed by atoms with Crippen molar-refractivity contribution in [2.24, 2.45) is 11.8 Å². The zero-order valence-electron chi connectivity index (χ0n) is 8.81. The highest BCUT2D eigenvalue weighted by molar-refractivity contribution is 5.82. The molecule has 1 aliphatic rings. The van der Waals surface area contributed by atoms with Crippen LogP contribution in [-0.2, 0) is 4.79 Å². The average Bonchev–Trinajstić information content (AvgIpc) is 2.90. The number of ketones is 1. The normalized spacial score (nSPS) is 16.5. The van der Waals surface area contributed by atoms with E-state index in [0.717, 1.165) is 25.3 Å². The first-order chi connectivity index (χ1) is 6.27. The van der Waals surface area contributed by atoms with Crippen molar-refractivity contribution in [2.75, 3.05) is 13.1 Å². The van der Waals surface area contributed by atoms with Gasteiger partial charge >= 0.3 is 0 Å². The standard InChI is InChI=1S/C11H21NO/c1-3-10(4-2)11(13)8-12-7-9-5-6-9/h9-10,12H,3-8H2,1-2H3. The molecule has 76 valence electrons. The number of carbonyl (C=O) groups is 1. The molecule has 1 saturated carbocycles. The molecule has 0 unspecified atom stereocenters. The maximum Gasteiger partial charge on any atom is 0.149 e. The molecule has 0 radical (unpaired) electrons. The summed E-state index contributed by atoms with van der Waals surface area (Å²) in [4.78, 5) is 11.5. The summed E-state index contributed by atoms with van der Waals surface area (Å²) in [6.07, 6.45) is 4.68. The lowest BCUT2D eigenvalue weighted by molar-refractivity contribution is -0.122. The molecule has 0 spiro atoms. The molecule has 0 saturated heterocycles. The van der Waals surface area contributed by atoms with Crippen molar-refractivity contribution in [3.63, 3.8) is 0 Å². The Morgan fingerprint density at radius 1 is 1.38 bits per heavy atom. The van der Waals surface area contributed by atoms with Crippen molar-refractivity contribution >= 4 is 5.78 Å². The van der Waals surface area contributed by atoms with Crippen molar-refractivity contribution in [1.29, 1.82) is 0 Å². The monoisotopic (exact) mass is 183 g/mol. The van der Waals surface area contributed by atoms with Crippen LogP contribution in [0.25, 0.3) is 0 Å². The molecular formula is C11H21NO. The third-order valence-electron chi connectivity index (χ3n) is 2.87. The summed E-state index contributed by atoms with van der Waals surface area (Å²) in [7, 11) is 0. The van der Waals surface area contributed by atoms with Crippen molar-refractivity contribution in [3.8, 4) is 0 Å². The van der Waals surface area contributed by atoms with Gasteiger partial charge in [0.2, 0.25) is 0 Å². The van der Waals surface area contributed by atoms with E-state index in [1.165, 1.54) is 12.8 Å². The van der Waals surface area contributed by atoms with Crippen LogP contribution in [-0.4, -0.2) is 18.9 Å². The van der Waals surface area contributed by atoms with Crippen LogP contribution in [0.1, 0.15) is 39.5 Å². The molecule has 0 amide bonds. The third-order valence-corrected chi connectivity index (χ3v) is 2.87. The second kappa shape index (κ2) is 5.38. The van der Waals surface area contributed by atoms with E-state index < -0.39 is 0 Å². The quantitative estimate of drug-likeness (QED) is 0.654. The van der Waals surface area contributed by atoms with E-state index in [0.29, 0.717) is 12.3 Å². The Bertz CT molecular complexity index is 159. The van der Waals surface area contributed by atoms with Gasteiger partial charge in [-0.3, -0.25) is 4.79 Å².